The Balaban J connectivity index is 1.96. The number of carbonyl (C=O) groups excluding carboxylic acids is 3. The second-order valence-electron chi connectivity index (χ2n) is 8.01. The smallest absolute Gasteiger partial charge is 0.249 e. The van der Waals surface area contributed by atoms with E-state index < -0.39 is 29.0 Å². The maximum absolute atomic E-state index is 12.6. The number of aliphatic hydroxyl groups is 2. The van der Waals surface area contributed by atoms with E-state index in [9.17, 15) is 24.6 Å². The molecular weight excluding hydrogens is 382 g/mol. The van der Waals surface area contributed by atoms with Gasteiger partial charge in [-0.05, 0) is 11.1 Å². The molecule has 0 spiro atoms. The first-order valence-electron chi connectivity index (χ1n) is 9.99. The van der Waals surface area contributed by atoms with E-state index in [-0.39, 0.29) is 31.9 Å². The molecule has 2 aromatic rings. The van der Waals surface area contributed by atoms with Crippen LogP contribution in [0.25, 0.3) is 0 Å². The van der Waals surface area contributed by atoms with Gasteiger partial charge in [0.2, 0.25) is 5.91 Å². The van der Waals surface area contributed by atoms with E-state index in [4.69, 9.17) is 0 Å². The molecular formula is C24H29NO5. The normalized spacial score (nSPS) is 12.4. The van der Waals surface area contributed by atoms with Crippen LogP contribution in [0.3, 0.4) is 0 Å². The molecule has 0 aromatic heterocycles. The van der Waals surface area contributed by atoms with E-state index in [2.05, 4.69) is 5.32 Å². The monoisotopic (exact) mass is 411 g/mol. The Morgan fingerprint density at radius 1 is 0.900 bits per heavy atom. The zero-order chi connectivity index (χ0) is 22.1. The molecule has 0 aliphatic heterocycles. The van der Waals surface area contributed by atoms with Crippen LogP contribution in [0.2, 0.25) is 0 Å². The predicted octanol–water partition coefficient (Wildman–Crippen LogP) is 2.23. The number of rotatable bonds is 11. The summed E-state index contributed by atoms with van der Waals surface area (Å²) in [5.74, 6) is -1.98. The summed E-state index contributed by atoms with van der Waals surface area (Å²) < 4.78 is 0. The van der Waals surface area contributed by atoms with Gasteiger partial charge in [0.05, 0.1) is 6.61 Å². The van der Waals surface area contributed by atoms with Gasteiger partial charge in [-0.3, -0.25) is 14.4 Å². The average Bonchev–Trinajstić information content (AvgIpc) is 2.77. The summed E-state index contributed by atoms with van der Waals surface area (Å²) in [4.78, 5) is 36.9. The van der Waals surface area contributed by atoms with Crippen molar-refractivity contribution >= 4 is 17.5 Å². The highest BCUT2D eigenvalue weighted by molar-refractivity contribution is 6.37. The summed E-state index contributed by atoms with van der Waals surface area (Å²) in [7, 11) is 0. The lowest BCUT2D eigenvalue weighted by Crippen LogP contribution is -2.46. The number of ketones is 2. The number of benzene rings is 2. The van der Waals surface area contributed by atoms with Crippen LogP contribution in [-0.4, -0.2) is 46.9 Å². The molecule has 2 aromatic carbocycles. The zero-order valence-electron chi connectivity index (χ0n) is 17.4. The van der Waals surface area contributed by atoms with E-state index in [1.54, 1.807) is 13.8 Å². The second-order valence-corrected chi connectivity index (χ2v) is 8.01. The van der Waals surface area contributed by atoms with Gasteiger partial charge in [-0.15, -0.1) is 0 Å². The molecule has 1 atom stereocenters. The third-order valence-electron chi connectivity index (χ3n) is 5.15. The van der Waals surface area contributed by atoms with Gasteiger partial charge in [-0.2, -0.15) is 0 Å². The Hall–Kier alpha value is -2.83. The Kier molecular flexibility index (Phi) is 8.45. The van der Waals surface area contributed by atoms with Crippen molar-refractivity contribution in [2.75, 3.05) is 13.2 Å². The summed E-state index contributed by atoms with van der Waals surface area (Å²) in [5, 5.41) is 21.7. The van der Waals surface area contributed by atoms with E-state index >= 15 is 0 Å². The van der Waals surface area contributed by atoms with Gasteiger partial charge in [0, 0.05) is 30.7 Å². The number of carbonyl (C=O) groups is 3. The standard InChI is InChI=1S/C24H29NO5/c1-24(2,16-26)22(29)23(30)25-14-13-20(27)21(28)15-19(17-9-5-3-6-10-17)18-11-7-4-8-12-18/h3-12,19,22,26,29H,13-16H2,1-2H3,(H,25,30)/t22-/m0/s1. The van der Waals surface area contributed by atoms with Crippen LogP contribution >= 0.6 is 0 Å². The largest absolute Gasteiger partial charge is 0.396 e. The van der Waals surface area contributed by atoms with Crippen molar-refractivity contribution in [3.8, 4) is 0 Å². The van der Waals surface area contributed by atoms with Crippen molar-refractivity contribution in [2.45, 2.75) is 38.7 Å². The van der Waals surface area contributed by atoms with Crippen LogP contribution in [0.15, 0.2) is 60.7 Å². The van der Waals surface area contributed by atoms with Crippen molar-refractivity contribution in [1.82, 2.24) is 5.32 Å². The second kappa shape index (κ2) is 10.8. The zero-order valence-corrected chi connectivity index (χ0v) is 17.4. The van der Waals surface area contributed by atoms with E-state index in [0.29, 0.717) is 0 Å². The molecule has 6 heteroatoms. The maximum Gasteiger partial charge on any atom is 0.249 e. The van der Waals surface area contributed by atoms with Crippen molar-refractivity contribution in [3.05, 3.63) is 71.8 Å². The van der Waals surface area contributed by atoms with Crippen LogP contribution < -0.4 is 5.32 Å². The highest BCUT2D eigenvalue weighted by atomic mass is 16.3. The van der Waals surface area contributed by atoms with Crippen molar-refractivity contribution in [1.29, 1.82) is 0 Å². The molecule has 3 N–H and O–H groups in total. The highest BCUT2D eigenvalue weighted by Gasteiger charge is 2.33. The molecule has 0 radical (unpaired) electrons. The van der Waals surface area contributed by atoms with Crippen LogP contribution in [0, 0.1) is 5.41 Å². The molecule has 160 valence electrons. The van der Waals surface area contributed by atoms with Gasteiger partial charge in [-0.1, -0.05) is 74.5 Å². The molecule has 0 bridgehead atoms. The van der Waals surface area contributed by atoms with Crippen LogP contribution in [0.4, 0.5) is 0 Å². The summed E-state index contributed by atoms with van der Waals surface area (Å²) in [6.45, 7) is 2.70. The van der Waals surface area contributed by atoms with Gasteiger partial charge >= 0.3 is 0 Å². The molecule has 1 amide bonds. The fraction of sp³-hybridized carbons (Fsp3) is 0.375. The molecule has 0 unspecified atom stereocenters. The quantitative estimate of drug-likeness (QED) is 0.492. The summed E-state index contributed by atoms with van der Waals surface area (Å²) in [5.41, 5.74) is 0.905. The molecule has 6 nitrogen and oxygen atoms in total. The van der Waals surface area contributed by atoms with E-state index in [1.807, 2.05) is 60.7 Å². The lowest BCUT2D eigenvalue weighted by atomic mass is 9.86. The first kappa shape index (κ1) is 23.4. The molecule has 0 saturated carbocycles. The van der Waals surface area contributed by atoms with Gasteiger partial charge in [0.1, 0.15) is 6.10 Å². The minimum absolute atomic E-state index is 0.0426. The van der Waals surface area contributed by atoms with E-state index in [1.165, 1.54) is 0 Å². The van der Waals surface area contributed by atoms with Gasteiger partial charge in [0.25, 0.3) is 0 Å². The predicted molar refractivity (Wildman–Crippen MR) is 114 cm³/mol. The molecule has 0 fully saturated rings. The van der Waals surface area contributed by atoms with Gasteiger partial charge < -0.3 is 15.5 Å². The Labute approximate surface area is 176 Å². The van der Waals surface area contributed by atoms with Gasteiger partial charge in [-0.25, -0.2) is 0 Å². The lowest BCUT2D eigenvalue weighted by Gasteiger charge is -2.27. The lowest BCUT2D eigenvalue weighted by molar-refractivity contribution is -0.138. The molecule has 0 heterocycles. The minimum atomic E-state index is -1.41. The Morgan fingerprint density at radius 3 is 1.87 bits per heavy atom. The average molecular weight is 411 g/mol. The first-order valence-corrected chi connectivity index (χ1v) is 9.99. The molecule has 0 aliphatic rings. The summed E-state index contributed by atoms with van der Waals surface area (Å²) in [6, 6.07) is 19.1. The van der Waals surface area contributed by atoms with Crippen molar-refractivity contribution < 1.29 is 24.6 Å². The highest BCUT2D eigenvalue weighted by Crippen LogP contribution is 2.28. The summed E-state index contributed by atoms with van der Waals surface area (Å²) >= 11 is 0. The SMILES string of the molecule is CC(C)(CO)[C@@H](O)C(=O)NCCC(=O)C(=O)CC(c1ccccc1)c1ccccc1. The maximum atomic E-state index is 12.6. The fourth-order valence-corrected chi connectivity index (χ4v) is 3.07. The van der Waals surface area contributed by atoms with E-state index in [0.717, 1.165) is 11.1 Å². The third kappa shape index (κ3) is 6.34. The fourth-order valence-electron chi connectivity index (χ4n) is 3.07. The number of hydrogen-bond donors (Lipinski definition) is 3. The molecule has 2 rings (SSSR count). The Morgan fingerprint density at radius 2 is 1.40 bits per heavy atom. The van der Waals surface area contributed by atoms with Crippen LogP contribution in [0.1, 0.15) is 43.7 Å². The van der Waals surface area contributed by atoms with Crippen molar-refractivity contribution in [3.63, 3.8) is 0 Å². The number of Topliss-reactive ketones (excluding diaryl/α,β-unsaturated/α-hetero) is 2. The topological polar surface area (TPSA) is 104 Å². The third-order valence-corrected chi connectivity index (χ3v) is 5.15. The number of nitrogens with one attached hydrogen (secondary N) is 1. The number of aliphatic hydroxyl groups excluding tert-OH is 2. The van der Waals surface area contributed by atoms with Crippen molar-refractivity contribution in [2.24, 2.45) is 5.41 Å². The van der Waals surface area contributed by atoms with Gasteiger partial charge in [0.15, 0.2) is 11.6 Å². The molecule has 0 saturated heterocycles. The summed E-state index contributed by atoms with van der Waals surface area (Å²) in [6.07, 6.45) is -1.51. The first-order chi connectivity index (χ1) is 14.3. The molecule has 0 aliphatic carbocycles. The number of hydrogen-bond acceptors (Lipinski definition) is 5. The van der Waals surface area contributed by atoms with Crippen LogP contribution in [-0.2, 0) is 14.4 Å². The minimum Gasteiger partial charge on any atom is -0.396 e. The molecule has 30 heavy (non-hydrogen) atoms. The number of amides is 1. The van der Waals surface area contributed by atoms with Crippen LogP contribution in [0.5, 0.6) is 0 Å². The Bertz CT molecular complexity index is 809.